The Kier molecular flexibility index (Phi) is 60.4. The van der Waals surface area contributed by atoms with E-state index in [2.05, 4.69) is 179 Å². The monoisotopic (exact) mass is 1070 g/mol. The van der Waals surface area contributed by atoms with Gasteiger partial charge < -0.3 is 14.2 Å². The Labute approximate surface area is 480 Å². The molecular weight excluding hydrogens is 961 g/mol. The van der Waals surface area contributed by atoms with Gasteiger partial charge in [-0.1, -0.05) is 269 Å². The predicted octanol–water partition coefficient (Wildman–Crippen LogP) is 21.7. The van der Waals surface area contributed by atoms with E-state index in [1.54, 1.807) is 0 Å². The number of ether oxygens (including phenoxy) is 3. The van der Waals surface area contributed by atoms with Crippen LogP contribution in [-0.2, 0) is 28.6 Å². The highest BCUT2D eigenvalue weighted by Gasteiger charge is 2.19. The van der Waals surface area contributed by atoms with Crippen LogP contribution < -0.4 is 0 Å². The largest absolute Gasteiger partial charge is 0.462 e. The van der Waals surface area contributed by atoms with E-state index in [-0.39, 0.29) is 37.5 Å². The Morgan fingerprint density at radius 3 is 0.795 bits per heavy atom. The van der Waals surface area contributed by atoms with Crippen LogP contribution in [-0.4, -0.2) is 37.2 Å². The molecule has 6 heteroatoms. The van der Waals surface area contributed by atoms with E-state index < -0.39 is 6.10 Å². The second-order valence-electron chi connectivity index (χ2n) is 20.2. The molecule has 0 aliphatic carbocycles. The molecule has 78 heavy (non-hydrogen) atoms. The van der Waals surface area contributed by atoms with Gasteiger partial charge in [0.05, 0.1) is 0 Å². The third-order valence-corrected chi connectivity index (χ3v) is 12.8. The Morgan fingerprint density at radius 2 is 0.500 bits per heavy atom. The van der Waals surface area contributed by atoms with Crippen molar-refractivity contribution in [3.63, 3.8) is 0 Å². The zero-order valence-electron chi connectivity index (χ0n) is 50.1. The quantitative estimate of drug-likeness (QED) is 0.0261. The van der Waals surface area contributed by atoms with Crippen LogP contribution in [0.5, 0.6) is 0 Å². The molecular formula is C72H114O6. The summed E-state index contributed by atoms with van der Waals surface area (Å²) in [5.74, 6) is -0.962. The summed E-state index contributed by atoms with van der Waals surface area (Å²) in [5, 5.41) is 0. The van der Waals surface area contributed by atoms with Gasteiger partial charge in [-0.05, 0) is 128 Å². The average molecular weight is 1080 g/mol. The fourth-order valence-electron chi connectivity index (χ4n) is 8.13. The van der Waals surface area contributed by atoms with Gasteiger partial charge in [-0.3, -0.25) is 14.4 Å². The van der Waals surface area contributed by atoms with Crippen LogP contribution in [0.2, 0.25) is 0 Å². The van der Waals surface area contributed by atoms with Crippen LogP contribution in [0, 0.1) is 0 Å². The summed E-state index contributed by atoms with van der Waals surface area (Å²) in [4.78, 5) is 38.1. The van der Waals surface area contributed by atoms with Crippen molar-refractivity contribution in [1.29, 1.82) is 0 Å². The van der Waals surface area contributed by atoms with Crippen molar-refractivity contribution in [2.24, 2.45) is 0 Å². The summed E-state index contributed by atoms with van der Waals surface area (Å²) in [6.07, 6.45) is 94.0. The van der Waals surface area contributed by atoms with Gasteiger partial charge in [0, 0.05) is 19.3 Å². The number of hydrogen-bond acceptors (Lipinski definition) is 6. The summed E-state index contributed by atoms with van der Waals surface area (Å²) in [6.45, 7) is 6.35. The van der Waals surface area contributed by atoms with Crippen LogP contribution >= 0.6 is 0 Å². The highest BCUT2D eigenvalue weighted by Crippen LogP contribution is 2.14. The fourth-order valence-corrected chi connectivity index (χ4v) is 8.13. The second-order valence-corrected chi connectivity index (χ2v) is 20.2. The molecule has 0 saturated heterocycles. The van der Waals surface area contributed by atoms with Crippen LogP contribution in [0.1, 0.15) is 258 Å². The number of rotatable bonds is 55. The molecule has 0 aliphatic heterocycles. The lowest BCUT2D eigenvalue weighted by Crippen LogP contribution is -2.30. The molecule has 0 aromatic carbocycles. The van der Waals surface area contributed by atoms with Gasteiger partial charge in [0.15, 0.2) is 6.10 Å². The van der Waals surface area contributed by atoms with Gasteiger partial charge in [0.2, 0.25) is 0 Å². The van der Waals surface area contributed by atoms with Crippen molar-refractivity contribution in [3.05, 3.63) is 158 Å². The van der Waals surface area contributed by atoms with Gasteiger partial charge in [0.25, 0.3) is 0 Å². The molecule has 0 heterocycles. The topological polar surface area (TPSA) is 78.9 Å². The van der Waals surface area contributed by atoms with Gasteiger partial charge in [-0.25, -0.2) is 0 Å². The van der Waals surface area contributed by atoms with E-state index in [0.29, 0.717) is 12.8 Å². The minimum absolute atomic E-state index is 0.101. The fraction of sp³-hybridized carbons (Fsp3) is 0.597. The zero-order chi connectivity index (χ0) is 56.4. The van der Waals surface area contributed by atoms with Crippen molar-refractivity contribution in [2.75, 3.05) is 13.2 Å². The average Bonchev–Trinajstić information content (AvgIpc) is 3.44. The lowest BCUT2D eigenvalue weighted by atomic mass is 10.0. The molecule has 1 unspecified atom stereocenters. The zero-order valence-corrected chi connectivity index (χ0v) is 50.1. The van der Waals surface area contributed by atoms with E-state index in [0.717, 1.165) is 161 Å². The minimum atomic E-state index is -0.808. The maximum atomic E-state index is 12.8. The lowest BCUT2D eigenvalue weighted by molar-refractivity contribution is -0.167. The highest BCUT2D eigenvalue weighted by molar-refractivity contribution is 5.71. The summed E-state index contributed by atoms with van der Waals surface area (Å²) in [6, 6.07) is 0. The summed E-state index contributed by atoms with van der Waals surface area (Å²) >= 11 is 0. The number of hydrogen-bond donors (Lipinski definition) is 0. The molecule has 6 nitrogen and oxygen atoms in total. The molecule has 0 bridgehead atoms. The first-order chi connectivity index (χ1) is 38.5. The number of allylic oxidation sites excluding steroid dienone is 26. The van der Waals surface area contributed by atoms with Gasteiger partial charge in [-0.15, -0.1) is 0 Å². The molecule has 0 radical (unpaired) electrons. The van der Waals surface area contributed by atoms with Crippen LogP contribution in [0.4, 0.5) is 0 Å². The number of carbonyl (C=O) groups is 3. The molecule has 1 atom stereocenters. The Bertz CT molecular complexity index is 1760. The first-order valence-electron chi connectivity index (χ1n) is 31.5. The predicted molar refractivity (Wildman–Crippen MR) is 338 cm³/mol. The maximum absolute atomic E-state index is 12.8. The van der Waals surface area contributed by atoms with E-state index in [1.807, 2.05) is 0 Å². The summed E-state index contributed by atoms with van der Waals surface area (Å²) in [7, 11) is 0. The van der Waals surface area contributed by atoms with Crippen molar-refractivity contribution < 1.29 is 28.6 Å². The third-order valence-electron chi connectivity index (χ3n) is 12.8. The molecule has 0 rings (SSSR count). The van der Waals surface area contributed by atoms with Crippen molar-refractivity contribution >= 4 is 17.9 Å². The summed E-state index contributed by atoms with van der Waals surface area (Å²) in [5.41, 5.74) is 0. The van der Waals surface area contributed by atoms with Crippen molar-refractivity contribution in [1.82, 2.24) is 0 Å². The maximum Gasteiger partial charge on any atom is 0.306 e. The highest BCUT2D eigenvalue weighted by atomic mass is 16.6. The van der Waals surface area contributed by atoms with Crippen LogP contribution in [0.3, 0.4) is 0 Å². The van der Waals surface area contributed by atoms with E-state index in [1.165, 1.54) is 57.8 Å². The first-order valence-corrected chi connectivity index (χ1v) is 31.5. The molecule has 0 aromatic heterocycles. The Hall–Kier alpha value is -4.97. The standard InChI is InChI=1S/C72H114O6/c1-4-7-10-13-16-19-22-25-26-27-28-29-30-31-32-33-34-35-36-37-38-39-40-41-42-43-44-45-46-48-50-53-56-59-62-65-71(74)77-68-69(67-76-70(73)64-61-58-55-52-49-24-21-18-15-12-9-6-3)78-72(75)66-63-60-57-54-51-47-23-20-17-14-11-8-5-2/h7-8,10-11,16-17,19-20,25-26,28-29,31-32,34-35,37-38,40-41,43-44,46-48,51,69H,4-6,9,12-15,18,21-24,27,30,33,36,39,42,45,49-50,52-68H2,1-3H3/b10-7-,11-8-,19-16-,20-17-,26-25-,29-28-,32-31-,35-34-,38-37-,41-40-,44-43-,48-46-,51-47-. The molecule has 0 fully saturated rings. The van der Waals surface area contributed by atoms with E-state index in [9.17, 15) is 14.4 Å². The van der Waals surface area contributed by atoms with Crippen molar-refractivity contribution in [2.45, 2.75) is 264 Å². The molecule has 0 aliphatic rings. The van der Waals surface area contributed by atoms with Gasteiger partial charge in [-0.2, -0.15) is 0 Å². The molecule has 0 saturated carbocycles. The number of carbonyl (C=O) groups excluding carboxylic acids is 3. The Morgan fingerprint density at radius 1 is 0.269 bits per heavy atom. The Balaban J connectivity index is 4.30. The number of esters is 3. The smallest absolute Gasteiger partial charge is 0.306 e. The van der Waals surface area contributed by atoms with Crippen LogP contribution in [0.15, 0.2) is 158 Å². The van der Waals surface area contributed by atoms with Crippen molar-refractivity contribution in [3.8, 4) is 0 Å². The van der Waals surface area contributed by atoms with E-state index in [4.69, 9.17) is 14.2 Å². The number of unbranched alkanes of at least 4 members (excludes halogenated alkanes) is 18. The second kappa shape index (κ2) is 64.6. The molecule has 0 aromatic rings. The molecule has 0 amide bonds. The molecule has 0 N–H and O–H groups in total. The lowest BCUT2D eigenvalue weighted by Gasteiger charge is -2.18. The first kappa shape index (κ1) is 73.0. The van der Waals surface area contributed by atoms with E-state index >= 15 is 0 Å². The SMILES string of the molecule is CC/C=C\C/C=C\C/C=C\C/C=C\C/C=C\C/C=C\C/C=C\C/C=C\C/C=C\C/C=C\CCCCCCC(=O)OCC(COC(=O)CCCCCCCCCCCCCC)OC(=O)CCCCC/C=C\C/C=C\C/C=C\CC. The normalized spacial score (nSPS) is 13.2. The van der Waals surface area contributed by atoms with Gasteiger partial charge in [0.1, 0.15) is 13.2 Å². The third kappa shape index (κ3) is 61.9. The minimum Gasteiger partial charge on any atom is -0.462 e. The van der Waals surface area contributed by atoms with Crippen LogP contribution in [0.25, 0.3) is 0 Å². The molecule has 438 valence electrons. The van der Waals surface area contributed by atoms with Gasteiger partial charge >= 0.3 is 17.9 Å². The molecule has 0 spiro atoms. The summed E-state index contributed by atoms with van der Waals surface area (Å²) < 4.78 is 16.8.